The molecule has 1 N–H and O–H groups in total. The molecule has 1 aliphatic heterocycles. The second-order valence-corrected chi connectivity index (χ2v) is 9.77. The van der Waals surface area contributed by atoms with Gasteiger partial charge in [-0.25, -0.2) is 13.1 Å². The summed E-state index contributed by atoms with van der Waals surface area (Å²) in [6.07, 6.45) is 4.20. The van der Waals surface area contributed by atoms with Crippen molar-refractivity contribution in [3.8, 4) is 5.69 Å². The van der Waals surface area contributed by atoms with Crippen LogP contribution in [0.15, 0.2) is 70.5 Å². The van der Waals surface area contributed by atoms with Crippen molar-refractivity contribution in [1.29, 1.82) is 0 Å². The SMILES string of the molecule is O=C(Nc1ccc(S(=O)(=O)N2CCCCC2)cc1)c1nn(-c2ccc(Cl)cc2)ccc1=O. The molecule has 0 aliphatic carbocycles. The van der Waals surface area contributed by atoms with Gasteiger partial charge in [-0.15, -0.1) is 0 Å². The van der Waals surface area contributed by atoms with E-state index in [1.807, 2.05) is 0 Å². The van der Waals surface area contributed by atoms with E-state index in [9.17, 15) is 18.0 Å². The minimum absolute atomic E-state index is 0.167. The Labute approximate surface area is 190 Å². The molecular formula is C22H21ClN4O4S. The van der Waals surface area contributed by atoms with Crippen LogP contribution in [-0.4, -0.2) is 41.5 Å². The van der Waals surface area contributed by atoms with Gasteiger partial charge in [0.25, 0.3) is 5.91 Å². The maximum absolute atomic E-state index is 12.8. The highest BCUT2D eigenvalue weighted by Crippen LogP contribution is 2.22. The second kappa shape index (κ2) is 9.23. The number of sulfonamides is 1. The molecule has 0 saturated carbocycles. The van der Waals surface area contributed by atoms with Gasteiger partial charge in [-0.05, 0) is 61.4 Å². The molecular weight excluding hydrogens is 452 g/mol. The predicted molar refractivity (Wildman–Crippen MR) is 122 cm³/mol. The summed E-state index contributed by atoms with van der Waals surface area (Å²) in [6, 6.07) is 13.9. The van der Waals surface area contributed by atoms with Crippen LogP contribution in [0.1, 0.15) is 29.8 Å². The van der Waals surface area contributed by atoms with Crippen LogP contribution in [-0.2, 0) is 10.0 Å². The van der Waals surface area contributed by atoms with E-state index >= 15 is 0 Å². The van der Waals surface area contributed by atoms with Gasteiger partial charge in [0.05, 0.1) is 10.6 Å². The molecule has 1 fully saturated rings. The fourth-order valence-electron chi connectivity index (χ4n) is 3.46. The van der Waals surface area contributed by atoms with Gasteiger partial charge in [0, 0.05) is 36.1 Å². The molecule has 2 heterocycles. The molecule has 0 bridgehead atoms. The minimum atomic E-state index is -3.56. The molecule has 1 aromatic heterocycles. The summed E-state index contributed by atoms with van der Waals surface area (Å²) in [5.74, 6) is -0.690. The fraction of sp³-hybridized carbons (Fsp3) is 0.227. The Bertz CT molecular complexity index is 1280. The third-order valence-electron chi connectivity index (χ3n) is 5.18. The lowest BCUT2D eigenvalue weighted by atomic mass is 10.2. The van der Waals surface area contributed by atoms with Gasteiger partial charge in [0.2, 0.25) is 15.5 Å². The van der Waals surface area contributed by atoms with Gasteiger partial charge in [0.1, 0.15) is 0 Å². The molecule has 0 radical (unpaired) electrons. The van der Waals surface area contributed by atoms with Gasteiger partial charge in [0.15, 0.2) is 5.69 Å². The smallest absolute Gasteiger partial charge is 0.280 e. The number of amides is 1. The first-order chi connectivity index (χ1) is 15.3. The lowest BCUT2D eigenvalue weighted by molar-refractivity contribution is 0.101. The number of carbonyl (C=O) groups is 1. The molecule has 1 aliphatic rings. The zero-order valence-electron chi connectivity index (χ0n) is 17.1. The summed E-state index contributed by atoms with van der Waals surface area (Å²) in [5.41, 5.74) is 0.177. The highest BCUT2D eigenvalue weighted by molar-refractivity contribution is 7.89. The van der Waals surface area contributed by atoms with Crippen molar-refractivity contribution in [2.45, 2.75) is 24.2 Å². The van der Waals surface area contributed by atoms with E-state index in [2.05, 4.69) is 10.4 Å². The van der Waals surface area contributed by atoms with Crippen LogP contribution in [0.4, 0.5) is 5.69 Å². The van der Waals surface area contributed by atoms with Crippen molar-refractivity contribution in [1.82, 2.24) is 14.1 Å². The normalized spacial score (nSPS) is 14.8. The van der Waals surface area contributed by atoms with Crippen molar-refractivity contribution >= 4 is 33.2 Å². The zero-order valence-corrected chi connectivity index (χ0v) is 18.6. The van der Waals surface area contributed by atoms with Crippen LogP contribution in [0.5, 0.6) is 0 Å². The second-order valence-electron chi connectivity index (χ2n) is 7.39. The highest BCUT2D eigenvalue weighted by Gasteiger charge is 2.25. The molecule has 0 atom stereocenters. The van der Waals surface area contributed by atoms with Crippen LogP contribution in [0, 0.1) is 0 Å². The molecule has 10 heteroatoms. The minimum Gasteiger partial charge on any atom is -0.320 e. The average molecular weight is 473 g/mol. The van der Waals surface area contributed by atoms with E-state index in [1.54, 1.807) is 24.3 Å². The molecule has 0 unspecified atom stereocenters. The van der Waals surface area contributed by atoms with Gasteiger partial charge in [-0.1, -0.05) is 18.0 Å². The molecule has 4 rings (SSSR count). The van der Waals surface area contributed by atoms with Crippen LogP contribution in [0.3, 0.4) is 0 Å². The van der Waals surface area contributed by atoms with E-state index < -0.39 is 21.4 Å². The Balaban J connectivity index is 1.52. The van der Waals surface area contributed by atoms with Gasteiger partial charge < -0.3 is 5.32 Å². The number of nitrogens with one attached hydrogen (secondary N) is 1. The molecule has 1 saturated heterocycles. The number of aromatic nitrogens is 2. The number of nitrogens with zero attached hydrogens (tertiary/aromatic N) is 3. The van der Waals surface area contributed by atoms with Crippen LogP contribution in [0.25, 0.3) is 5.69 Å². The molecule has 166 valence electrons. The Morgan fingerprint density at radius 2 is 1.59 bits per heavy atom. The maximum Gasteiger partial charge on any atom is 0.280 e. The molecule has 32 heavy (non-hydrogen) atoms. The molecule has 2 aromatic carbocycles. The molecule has 3 aromatic rings. The highest BCUT2D eigenvalue weighted by atomic mass is 35.5. The number of hydrogen-bond acceptors (Lipinski definition) is 5. The van der Waals surface area contributed by atoms with Gasteiger partial charge >= 0.3 is 0 Å². The van der Waals surface area contributed by atoms with E-state index in [0.29, 0.717) is 29.5 Å². The number of piperidine rings is 1. The fourth-order valence-corrected chi connectivity index (χ4v) is 5.10. The molecule has 0 spiro atoms. The first kappa shape index (κ1) is 22.2. The standard InChI is InChI=1S/C22H21ClN4O4S/c23-16-4-8-18(9-5-16)27-15-12-20(28)21(25-27)22(29)24-17-6-10-19(11-7-17)32(30,31)26-13-2-1-3-14-26/h4-12,15H,1-3,13-14H2,(H,24,29). The zero-order chi connectivity index (χ0) is 22.7. The number of hydrogen-bond donors (Lipinski definition) is 1. The van der Waals surface area contributed by atoms with E-state index in [-0.39, 0.29) is 10.6 Å². The van der Waals surface area contributed by atoms with Crippen molar-refractivity contribution in [3.63, 3.8) is 0 Å². The summed E-state index contributed by atoms with van der Waals surface area (Å²) >= 11 is 5.90. The summed E-state index contributed by atoms with van der Waals surface area (Å²) < 4.78 is 28.4. The van der Waals surface area contributed by atoms with Crippen molar-refractivity contribution in [2.24, 2.45) is 0 Å². The monoisotopic (exact) mass is 472 g/mol. The van der Waals surface area contributed by atoms with Crippen molar-refractivity contribution < 1.29 is 13.2 Å². The first-order valence-electron chi connectivity index (χ1n) is 10.1. The first-order valence-corrected chi connectivity index (χ1v) is 11.9. The average Bonchev–Trinajstić information content (AvgIpc) is 2.81. The Morgan fingerprint density at radius 1 is 0.938 bits per heavy atom. The third-order valence-corrected chi connectivity index (χ3v) is 7.34. The number of benzene rings is 2. The summed E-state index contributed by atoms with van der Waals surface area (Å²) in [5, 5.41) is 7.29. The summed E-state index contributed by atoms with van der Waals surface area (Å²) in [4.78, 5) is 25.0. The van der Waals surface area contributed by atoms with Crippen molar-refractivity contribution in [2.75, 3.05) is 18.4 Å². The molecule has 1 amide bonds. The van der Waals surface area contributed by atoms with E-state index in [4.69, 9.17) is 11.6 Å². The lowest BCUT2D eigenvalue weighted by Crippen LogP contribution is -2.35. The van der Waals surface area contributed by atoms with Crippen LogP contribution < -0.4 is 10.7 Å². The van der Waals surface area contributed by atoms with Crippen molar-refractivity contribution in [3.05, 3.63) is 81.7 Å². The number of rotatable bonds is 5. The van der Waals surface area contributed by atoms with Gasteiger partial charge in [-0.3, -0.25) is 9.59 Å². The lowest BCUT2D eigenvalue weighted by Gasteiger charge is -2.25. The summed E-state index contributed by atoms with van der Waals surface area (Å²) in [7, 11) is -3.56. The Kier molecular flexibility index (Phi) is 6.40. The predicted octanol–water partition coefficient (Wildman–Crippen LogP) is 3.31. The Morgan fingerprint density at radius 3 is 2.25 bits per heavy atom. The summed E-state index contributed by atoms with van der Waals surface area (Å²) in [6.45, 7) is 1.03. The third kappa shape index (κ3) is 4.74. The number of halogens is 1. The maximum atomic E-state index is 12.8. The number of carbonyl (C=O) groups excluding carboxylic acids is 1. The topological polar surface area (TPSA) is 101 Å². The van der Waals surface area contributed by atoms with Gasteiger partial charge in [-0.2, -0.15) is 9.40 Å². The quantitative estimate of drug-likeness (QED) is 0.613. The van der Waals surface area contributed by atoms with E-state index in [1.165, 1.54) is 45.5 Å². The number of anilines is 1. The van der Waals surface area contributed by atoms with Crippen LogP contribution >= 0.6 is 11.6 Å². The van der Waals surface area contributed by atoms with E-state index in [0.717, 1.165) is 19.3 Å². The Hall–Kier alpha value is -3.01. The van der Waals surface area contributed by atoms with Crippen LogP contribution in [0.2, 0.25) is 5.02 Å². The molecule has 8 nitrogen and oxygen atoms in total. The largest absolute Gasteiger partial charge is 0.320 e.